The Morgan fingerprint density at radius 3 is 1.69 bits per heavy atom. The van der Waals surface area contributed by atoms with Crippen molar-refractivity contribution in [1.82, 2.24) is 0 Å². The van der Waals surface area contributed by atoms with E-state index in [-0.39, 0.29) is 29.6 Å². The summed E-state index contributed by atoms with van der Waals surface area (Å²) in [4.78, 5) is 0. The number of rotatable bonds is 4. The summed E-state index contributed by atoms with van der Waals surface area (Å²) in [5.41, 5.74) is -6.55. The van der Waals surface area contributed by atoms with Crippen LogP contribution in [0.25, 0.3) is 11.5 Å². The Hall–Kier alpha value is -3.47. The standard InChI is InChI=1S/C28H20BF9O/c30-26(31,32)20-15-22(27(33,34)35)25(23(16-20)28(36,37)38)29(39)24(18-10-5-2-6-11-18)21-13-7-12-19(21)14-17-8-3-1-4-9-17/h1-6,8-11,14-16,39H,7,12-13H2/b19-14+,24-21-. The SMILES string of the molecule is OB(/C(=C1/CCC/C1=C\c1ccccc1)c1ccccc1)c1c(C(F)(F)F)cc(C(F)(F)F)cc1C(F)(F)F. The first-order valence-corrected chi connectivity index (χ1v) is 11.8. The van der Waals surface area contributed by atoms with Crippen molar-refractivity contribution >= 4 is 23.9 Å². The monoisotopic (exact) mass is 554 g/mol. The summed E-state index contributed by atoms with van der Waals surface area (Å²) in [6, 6.07) is 15.5. The van der Waals surface area contributed by atoms with Gasteiger partial charge in [-0.1, -0.05) is 66.7 Å². The summed E-state index contributed by atoms with van der Waals surface area (Å²) in [5.74, 6) is 0. The van der Waals surface area contributed by atoms with Gasteiger partial charge in [0.2, 0.25) is 0 Å². The third kappa shape index (κ3) is 6.24. The molecule has 39 heavy (non-hydrogen) atoms. The van der Waals surface area contributed by atoms with Crippen molar-refractivity contribution in [2.75, 3.05) is 0 Å². The number of benzene rings is 3. The van der Waals surface area contributed by atoms with E-state index in [0.717, 1.165) is 5.56 Å². The minimum atomic E-state index is -5.62. The molecule has 0 amide bonds. The van der Waals surface area contributed by atoms with Gasteiger partial charge in [-0.3, -0.25) is 0 Å². The van der Waals surface area contributed by atoms with Crippen molar-refractivity contribution in [3.8, 4) is 0 Å². The third-order valence-corrected chi connectivity index (χ3v) is 6.48. The van der Waals surface area contributed by atoms with Crippen molar-refractivity contribution in [3.63, 3.8) is 0 Å². The molecule has 0 bridgehead atoms. The number of allylic oxidation sites excluding steroid dienone is 2. The number of hydrogen-bond donors (Lipinski definition) is 1. The minimum Gasteiger partial charge on any atom is -0.443 e. The molecule has 0 aromatic heterocycles. The fourth-order valence-corrected chi connectivity index (χ4v) is 4.82. The van der Waals surface area contributed by atoms with Gasteiger partial charge in [0.25, 0.3) is 0 Å². The Balaban J connectivity index is 2.06. The zero-order chi connectivity index (χ0) is 28.6. The zero-order valence-corrected chi connectivity index (χ0v) is 20.1. The highest BCUT2D eigenvalue weighted by molar-refractivity contribution is 6.85. The average Bonchev–Trinajstić information content (AvgIpc) is 3.30. The van der Waals surface area contributed by atoms with Crippen molar-refractivity contribution in [1.29, 1.82) is 0 Å². The Labute approximate surface area is 218 Å². The lowest BCUT2D eigenvalue weighted by molar-refractivity contribution is -0.147. The van der Waals surface area contributed by atoms with Gasteiger partial charge in [0, 0.05) is 0 Å². The van der Waals surface area contributed by atoms with Crippen LogP contribution in [-0.4, -0.2) is 11.9 Å². The van der Waals surface area contributed by atoms with Crippen LogP contribution in [0.4, 0.5) is 39.5 Å². The largest absolute Gasteiger partial charge is 0.443 e. The molecular weight excluding hydrogens is 534 g/mol. The summed E-state index contributed by atoms with van der Waals surface area (Å²) in [6.45, 7) is -2.53. The first-order valence-electron chi connectivity index (χ1n) is 11.8. The van der Waals surface area contributed by atoms with Gasteiger partial charge in [-0.25, -0.2) is 0 Å². The van der Waals surface area contributed by atoms with Crippen LogP contribution in [0.3, 0.4) is 0 Å². The molecule has 1 N–H and O–H groups in total. The van der Waals surface area contributed by atoms with Gasteiger partial charge in [0.1, 0.15) is 0 Å². The summed E-state index contributed by atoms with van der Waals surface area (Å²) in [6.07, 6.45) is -13.8. The zero-order valence-electron chi connectivity index (χ0n) is 20.1. The molecule has 3 aromatic rings. The Bertz CT molecular complexity index is 1350. The Kier molecular flexibility index (Phi) is 7.76. The molecule has 0 atom stereocenters. The lowest BCUT2D eigenvalue weighted by Gasteiger charge is -2.25. The van der Waals surface area contributed by atoms with Crippen molar-refractivity contribution < 1.29 is 44.5 Å². The van der Waals surface area contributed by atoms with E-state index in [4.69, 9.17) is 0 Å². The van der Waals surface area contributed by atoms with Gasteiger partial charge < -0.3 is 5.02 Å². The van der Waals surface area contributed by atoms with Gasteiger partial charge in [-0.2, -0.15) is 39.5 Å². The average molecular weight is 554 g/mol. The van der Waals surface area contributed by atoms with Crippen LogP contribution in [-0.2, 0) is 18.5 Å². The van der Waals surface area contributed by atoms with Crippen molar-refractivity contribution in [2.45, 2.75) is 37.8 Å². The molecule has 1 fully saturated rings. The van der Waals surface area contributed by atoms with Crippen LogP contribution in [0.2, 0.25) is 0 Å². The number of halogens is 9. The van der Waals surface area contributed by atoms with E-state index >= 15 is 0 Å². The second kappa shape index (κ2) is 10.6. The lowest BCUT2D eigenvalue weighted by Crippen LogP contribution is -2.43. The fourth-order valence-electron chi connectivity index (χ4n) is 4.82. The molecule has 204 valence electrons. The van der Waals surface area contributed by atoms with Gasteiger partial charge in [0.05, 0.1) is 16.7 Å². The van der Waals surface area contributed by atoms with E-state index in [1.165, 1.54) is 24.3 Å². The highest BCUT2D eigenvalue weighted by Gasteiger charge is 2.48. The fraction of sp³-hybridized carbons (Fsp3) is 0.214. The highest BCUT2D eigenvalue weighted by Crippen LogP contribution is 2.43. The molecule has 1 aliphatic carbocycles. The molecule has 0 radical (unpaired) electrons. The molecule has 1 saturated carbocycles. The van der Waals surface area contributed by atoms with Crippen LogP contribution in [0.15, 0.2) is 83.9 Å². The Morgan fingerprint density at radius 1 is 0.692 bits per heavy atom. The van der Waals surface area contributed by atoms with E-state index in [1.54, 1.807) is 42.5 Å². The van der Waals surface area contributed by atoms with Crippen molar-refractivity contribution in [2.24, 2.45) is 0 Å². The third-order valence-electron chi connectivity index (χ3n) is 6.48. The van der Waals surface area contributed by atoms with Gasteiger partial charge in [-0.15, -0.1) is 0 Å². The molecular formula is C28H20BF9O. The molecule has 1 nitrogen and oxygen atoms in total. The highest BCUT2D eigenvalue weighted by atomic mass is 19.4. The van der Waals surface area contributed by atoms with Gasteiger partial charge in [-0.05, 0) is 64.6 Å². The molecule has 1 aliphatic rings. The molecule has 0 aliphatic heterocycles. The van der Waals surface area contributed by atoms with Crippen LogP contribution in [0.1, 0.15) is 47.1 Å². The first-order chi connectivity index (χ1) is 18.2. The Morgan fingerprint density at radius 2 is 1.21 bits per heavy atom. The molecule has 11 heteroatoms. The molecule has 0 spiro atoms. The summed E-state index contributed by atoms with van der Waals surface area (Å²) >= 11 is 0. The van der Waals surface area contributed by atoms with E-state index in [1.807, 2.05) is 0 Å². The normalized spacial score (nSPS) is 17.0. The maximum absolute atomic E-state index is 14.1. The summed E-state index contributed by atoms with van der Waals surface area (Å²) in [5, 5.41) is 11.4. The molecule has 0 heterocycles. The van der Waals surface area contributed by atoms with Crippen LogP contribution >= 0.6 is 0 Å². The van der Waals surface area contributed by atoms with E-state index < -0.39 is 47.6 Å². The van der Waals surface area contributed by atoms with Crippen LogP contribution in [0.5, 0.6) is 0 Å². The first kappa shape index (κ1) is 28.5. The molecule has 4 rings (SSSR count). The predicted octanol–water partition coefficient (Wildman–Crippen LogP) is 8.19. The van der Waals surface area contributed by atoms with E-state index in [9.17, 15) is 44.5 Å². The van der Waals surface area contributed by atoms with Gasteiger partial charge in [0.15, 0.2) is 0 Å². The molecule has 3 aromatic carbocycles. The van der Waals surface area contributed by atoms with Crippen molar-refractivity contribution in [3.05, 3.63) is 112 Å². The summed E-state index contributed by atoms with van der Waals surface area (Å²) < 4.78 is 125. The number of hydrogen-bond acceptors (Lipinski definition) is 1. The second-order valence-electron chi connectivity index (χ2n) is 9.07. The van der Waals surface area contributed by atoms with Gasteiger partial charge >= 0.3 is 25.4 Å². The maximum Gasteiger partial charge on any atom is 0.416 e. The van der Waals surface area contributed by atoms with Crippen LogP contribution in [0, 0.1) is 0 Å². The predicted molar refractivity (Wildman–Crippen MR) is 131 cm³/mol. The molecule has 0 unspecified atom stereocenters. The number of alkyl halides is 9. The molecule has 0 saturated heterocycles. The minimum absolute atomic E-state index is 0.155. The topological polar surface area (TPSA) is 20.2 Å². The lowest BCUT2D eigenvalue weighted by atomic mass is 9.49. The quantitative estimate of drug-likeness (QED) is 0.255. The van der Waals surface area contributed by atoms with Crippen LogP contribution < -0.4 is 5.46 Å². The summed E-state index contributed by atoms with van der Waals surface area (Å²) in [7, 11) is 0. The van der Waals surface area contributed by atoms with E-state index in [0.29, 0.717) is 24.0 Å². The second-order valence-corrected chi connectivity index (χ2v) is 9.07. The maximum atomic E-state index is 14.1. The van der Waals surface area contributed by atoms with E-state index in [2.05, 4.69) is 0 Å². The smallest absolute Gasteiger partial charge is 0.416 e.